The van der Waals surface area contributed by atoms with Crippen molar-refractivity contribution in [1.82, 2.24) is 19.7 Å². The molecular weight excluding hydrogens is 352 g/mol. The topological polar surface area (TPSA) is 62.1 Å². The van der Waals surface area contributed by atoms with Crippen LogP contribution in [-0.2, 0) is 13.0 Å². The third-order valence-electron chi connectivity index (χ3n) is 5.74. The van der Waals surface area contributed by atoms with Crippen molar-refractivity contribution in [3.63, 3.8) is 0 Å². The molecule has 1 aliphatic heterocycles. The van der Waals surface area contributed by atoms with Crippen LogP contribution in [-0.4, -0.2) is 33.5 Å². The number of methoxy groups -OCH3 is 1. The Bertz CT molecular complexity index is 996. The molecular formula is C22H24N4O2. The van der Waals surface area contributed by atoms with Crippen molar-refractivity contribution in [2.75, 3.05) is 13.7 Å². The fraction of sp³-hybridized carbons (Fsp3) is 0.409. The molecule has 5 rings (SSSR count). The van der Waals surface area contributed by atoms with Gasteiger partial charge in [0.15, 0.2) is 0 Å². The van der Waals surface area contributed by atoms with E-state index in [-0.39, 0.29) is 0 Å². The van der Waals surface area contributed by atoms with Gasteiger partial charge in [-0.05, 0) is 49.9 Å². The Balaban J connectivity index is 1.31. The number of nitrogens with zero attached hydrogens (tertiary/aromatic N) is 4. The smallest absolute Gasteiger partial charge is 0.221 e. The highest BCUT2D eigenvalue weighted by atomic mass is 16.5. The molecule has 28 heavy (non-hydrogen) atoms. The molecule has 0 saturated heterocycles. The summed E-state index contributed by atoms with van der Waals surface area (Å²) >= 11 is 0. The van der Waals surface area contributed by atoms with E-state index in [9.17, 15) is 0 Å². The largest absolute Gasteiger partial charge is 0.495 e. The number of hydrogen-bond donors (Lipinski definition) is 0. The van der Waals surface area contributed by atoms with Crippen LogP contribution in [0.5, 0.6) is 11.6 Å². The summed E-state index contributed by atoms with van der Waals surface area (Å²) in [7, 11) is 1.66. The third kappa shape index (κ3) is 3.13. The molecule has 144 valence electrons. The van der Waals surface area contributed by atoms with E-state index in [4.69, 9.17) is 9.47 Å². The second-order valence-corrected chi connectivity index (χ2v) is 7.73. The van der Waals surface area contributed by atoms with Crippen molar-refractivity contribution in [2.24, 2.45) is 5.92 Å². The Morgan fingerprint density at radius 2 is 2.07 bits per heavy atom. The number of pyridine rings is 2. The molecule has 3 aromatic heterocycles. The summed E-state index contributed by atoms with van der Waals surface area (Å²) in [6.45, 7) is 3.73. The quantitative estimate of drug-likeness (QED) is 0.655. The predicted octanol–water partition coefficient (Wildman–Crippen LogP) is 3.79. The highest BCUT2D eigenvalue weighted by molar-refractivity contribution is 5.71. The molecule has 0 radical (unpaired) electrons. The van der Waals surface area contributed by atoms with Crippen LogP contribution in [0.4, 0.5) is 0 Å². The number of aromatic nitrogens is 4. The predicted molar refractivity (Wildman–Crippen MR) is 106 cm³/mol. The zero-order valence-corrected chi connectivity index (χ0v) is 16.3. The maximum atomic E-state index is 6.20. The van der Waals surface area contributed by atoms with E-state index in [1.807, 2.05) is 18.5 Å². The van der Waals surface area contributed by atoms with Crippen molar-refractivity contribution in [2.45, 2.75) is 38.6 Å². The van der Waals surface area contributed by atoms with Gasteiger partial charge in [0.05, 0.1) is 26.1 Å². The Hall–Kier alpha value is -2.89. The van der Waals surface area contributed by atoms with Crippen molar-refractivity contribution in [3.05, 3.63) is 53.7 Å². The second-order valence-electron chi connectivity index (χ2n) is 7.73. The molecule has 6 heteroatoms. The van der Waals surface area contributed by atoms with E-state index in [1.165, 1.54) is 5.69 Å². The summed E-state index contributed by atoms with van der Waals surface area (Å²) in [6, 6.07) is 6.18. The van der Waals surface area contributed by atoms with Gasteiger partial charge in [0.25, 0.3) is 0 Å². The maximum Gasteiger partial charge on any atom is 0.221 e. The summed E-state index contributed by atoms with van der Waals surface area (Å²) < 4.78 is 13.5. The lowest BCUT2D eigenvalue weighted by Crippen LogP contribution is -2.05. The van der Waals surface area contributed by atoms with Crippen LogP contribution in [0.25, 0.3) is 11.1 Å². The third-order valence-corrected chi connectivity index (χ3v) is 5.74. The standard InChI is InChI=1S/C22H24N4O2/c1-14-8-18(19-12-25-26-7-3-4-21(19)26)22(24-10-14)28-13-15-9-17(15)20-6-5-16(27-2)11-23-20/h5-6,8,10-12,15,17H,3-4,7,9,13H2,1-2H3/t15-,17+/m1/s1. The average molecular weight is 376 g/mol. The average Bonchev–Trinajstić information content (AvgIpc) is 3.14. The van der Waals surface area contributed by atoms with Crippen LogP contribution in [0.15, 0.2) is 36.8 Å². The van der Waals surface area contributed by atoms with Gasteiger partial charge in [0.2, 0.25) is 5.88 Å². The molecule has 0 bridgehead atoms. The van der Waals surface area contributed by atoms with Crippen molar-refractivity contribution in [1.29, 1.82) is 0 Å². The van der Waals surface area contributed by atoms with Crippen molar-refractivity contribution in [3.8, 4) is 22.8 Å². The molecule has 0 amide bonds. The van der Waals surface area contributed by atoms with Gasteiger partial charge >= 0.3 is 0 Å². The fourth-order valence-corrected chi connectivity index (χ4v) is 4.06. The summed E-state index contributed by atoms with van der Waals surface area (Å²) in [5.74, 6) is 2.44. The molecule has 1 saturated carbocycles. The molecule has 1 fully saturated rings. The zero-order chi connectivity index (χ0) is 19.1. The highest BCUT2D eigenvalue weighted by Gasteiger charge is 2.40. The first kappa shape index (κ1) is 17.2. The molecule has 0 N–H and O–H groups in total. The van der Waals surface area contributed by atoms with Gasteiger partial charge in [-0.3, -0.25) is 9.67 Å². The number of ether oxygens (including phenoxy) is 2. The normalized spacial score (nSPS) is 20.1. The Morgan fingerprint density at radius 3 is 2.89 bits per heavy atom. The Morgan fingerprint density at radius 1 is 1.14 bits per heavy atom. The van der Waals surface area contributed by atoms with E-state index in [0.29, 0.717) is 24.3 Å². The minimum absolute atomic E-state index is 0.459. The summed E-state index contributed by atoms with van der Waals surface area (Å²) in [4.78, 5) is 9.11. The minimum Gasteiger partial charge on any atom is -0.495 e. The maximum absolute atomic E-state index is 6.20. The number of rotatable bonds is 6. The van der Waals surface area contributed by atoms with Crippen LogP contribution >= 0.6 is 0 Å². The van der Waals surface area contributed by atoms with E-state index < -0.39 is 0 Å². The van der Waals surface area contributed by atoms with Gasteiger partial charge in [-0.25, -0.2) is 4.98 Å². The van der Waals surface area contributed by atoms with Crippen molar-refractivity contribution < 1.29 is 9.47 Å². The molecule has 1 aliphatic carbocycles. The van der Waals surface area contributed by atoms with E-state index in [1.54, 1.807) is 13.3 Å². The second kappa shape index (κ2) is 6.93. The molecule has 3 aromatic rings. The van der Waals surface area contributed by atoms with Gasteiger partial charge in [-0.2, -0.15) is 5.10 Å². The lowest BCUT2D eigenvalue weighted by Gasteiger charge is -2.11. The number of hydrogen-bond acceptors (Lipinski definition) is 5. The van der Waals surface area contributed by atoms with Gasteiger partial charge in [-0.15, -0.1) is 0 Å². The molecule has 6 nitrogen and oxygen atoms in total. The van der Waals surface area contributed by atoms with Crippen LogP contribution in [0.2, 0.25) is 0 Å². The first-order valence-corrected chi connectivity index (χ1v) is 9.87. The van der Waals surface area contributed by atoms with Gasteiger partial charge in [0, 0.05) is 47.1 Å². The van der Waals surface area contributed by atoms with Gasteiger partial charge < -0.3 is 9.47 Å². The summed E-state index contributed by atoms with van der Waals surface area (Å²) in [6.07, 6.45) is 8.94. The molecule has 4 heterocycles. The molecule has 0 unspecified atom stereocenters. The van der Waals surface area contributed by atoms with Crippen LogP contribution in [0.1, 0.15) is 35.7 Å². The van der Waals surface area contributed by atoms with Crippen molar-refractivity contribution >= 4 is 0 Å². The molecule has 0 aromatic carbocycles. The zero-order valence-electron chi connectivity index (χ0n) is 16.3. The lowest BCUT2D eigenvalue weighted by atomic mass is 10.0. The molecule has 2 aliphatic rings. The Kier molecular flexibility index (Phi) is 4.26. The van der Waals surface area contributed by atoms with Crippen LogP contribution in [0.3, 0.4) is 0 Å². The van der Waals surface area contributed by atoms with E-state index in [2.05, 4.69) is 38.8 Å². The van der Waals surface area contributed by atoms with Gasteiger partial charge in [0.1, 0.15) is 5.75 Å². The summed E-state index contributed by atoms with van der Waals surface area (Å²) in [5.41, 5.74) is 5.76. The van der Waals surface area contributed by atoms with E-state index in [0.717, 1.165) is 53.9 Å². The van der Waals surface area contributed by atoms with Crippen LogP contribution in [0, 0.1) is 12.8 Å². The number of fused-ring (bicyclic) bond motifs is 1. The Labute approximate surface area is 164 Å². The molecule has 0 spiro atoms. The first-order valence-electron chi connectivity index (χ1n) is 9.87. The highest BCUT2D eigenvalue weighted by Crippen LogP contribution is 2.47. The van der Waals surface area contributed by atoms with E-state index >= 15 is 0 Å². The first-order chi connectivity index (χ1) is 13.7. The van der Waals surface area contributed by atoms with Gasteiger partial charge in [-0.1, -0.05) is 0 Å². The number of aryl methyl sites for hydroxylation is 2. The van der Waals surface area contributed by atoms with Crippen LogP contribution < -0.4 is 9.47 Å². The monoisotopic (exact) mass is 376 g/mol. The SMILES string of the molecule is COc1ccc([C@H]2C[C@@H]2COc2ncc(C)cc2-c2cnn3c2CCC3)nc1. The summed E-state index contributed by atoms with van der Waals surface area (Å²) in [5, 5.41) is 4.53. The lowest BCUT2D eigenvalue weighted by molar-refractivity contribution is 0.286. The fourth-order valence-electron chi connectivity index (χ4n) is 4.06. The molecule has 2 atom stereocenters. The minimum atomic E-state index is 0.459.